The molecule has 5 nitrogen and oxygen atoms in total. The summed E-state index contributed by atoms with van der Waals surface area (Å²) in [4.78, 5) is 15.7. The number of aromatic nitrogens is 1. The van der Waals surface area contributed by atoms with E-state index in [2.05, 4.69) is 28.6 Å². The molecule has 0 bridgehead atoms. The lowest BCUT2D eigenvalue weighted by Gasteiger charge is -2.30. The van der Waals surface area contributed by atoms with Gasteiger partial charge in [-0.2, -0.15) is 0 Å². The lowest BCUT2D eigenvalue weighted by Crippen LogP contribution is -2.43. The predicted octanol–water partition coefficient (Wildman–Crippen LogP) is 3.99. The van der Waals surface area contributed by atoms with Crippen LogP contribution in [0.15, 0.2) is 24.4 Å². The summed E-state index contributed by atoms with van der Waals surface area (Å²) in [5.41, 5.74) is 2.48. The monoisotopic (exact) mass is 346 g/mol. The third-order valence-corrected chi connectivity index (χ3v) is 5.60. The van der Waals surface area contributed by atoms with Crippen LogP contribution in [0.2, 0.25) is 0 Å². The van der Waals surface area contributed by atoms with Crippen LogP contribution in [-0.4, -0.2) is 36.8 Å². The van der Waals surface area contributed by atoms with Crippen molar-refractivity contribution >= 4 is 16.8 Å². The number of fused-ring (bicyclic) bond motifs is 1. The summed E-state index contributed by atoms with van der Waals surface area (Å²) in [6, 6.07) is 6.40. The molecule has 2 heterocycles. The van der Waals surface area contributed by atoms with Gasteiger partial charge in [0.25, 0.3) is 0 Å². The minimum atomic E-state index is -0.238. The third-order valence-electron chi connectivity index (χ3n) is 5.60. The van der Waals surface area contributed by atoms with E-state index in [-0.39, 0.29) is 20.9 Å². The van der Waals surface area contributed by atoms with Crippen LogP contribution in [0.1, 0.15) is 52.9 Å². The molecule has 4 rings (SSSR count). The van der Waals surface area contributed by atoms with Crippen molar-refractivity contribution in [2.45, 2.75) is 56.6 Å². The van der Waals surface area contributed by atoms with Gasteiger partial charge in [-0.05, 0) is 61.8 Å². The highest BCUT2D eigenvalue weighted by molar-refractivity contribution is 5.85. The summed E-state index contributed by atoms with van der Waals surface area (Å²) in [5, 5.41) is 4.46. The zero-order valence-corrected chi connectivity index (χ0v) is 14.7. The Morgan fingerprint density at radius 1 is 1.32 bits per heavy atom. The van der Waals surface area contributed by atoms with Crippen molar-refractivity contribution in [3.8, 4) is 5.75 Å². The highest BCUT2D eigenvalue weighted by Crippen LogP contribution is 2.37. The molecule has 0 radical (unpaired) electrons. The predicted molar refractivity (Wildman–Crippen MR) is 101 cm³/mol. The Morgan fingerprint density at radius 3 is 3.04 bits per heavy atom. The zero-order chi connectivity index (χ0) is 17.2. The minimum absolute atomic E-state index is 0. The van der Waals surface area contributed by atoms with Crippen LogP contribution in [0.5, 0.6) is 5.75 Å². The zero-order valence-electron chi connectivity index (χ0n) is 14.7. The van der Waals surface area contributed by atoms with Crippen LogP contribution in [0.4, 0.5) is 0 Å². The molecule has 1 amide bonds. The summed E-state index contributed by atoms with van der Waals surface area (Å²) in [7, 11) is 1.70. The number of rotatable bonds is 4. The Bertz CT molecular complexity index is 759. The number of amides is 1. The fraction of sp³-hybridized carbons (Fsp3) is 0.550. The average Bonchev–Trinajstić information content (AvgIpc) is 3.31. The van der Waals surface area contributed by atoms with Gasteiger partial charge in [0, 0.05) is 32.6 Å². The van der Waals surface area contributed by atoms with Crippen molar-refractivity contribution in [1.29, 1.82) is 0 Å². The first-order chi connectivity index (χ1) is 12.2. The molecule has 1 aliphatic carbocycles. The van der Waals surface area contributed by atoms with Gasteiger partial charge in [-0.25, -0.2) is 0 Å². The van der Waals surface area contributed by atoms with Crippen LogP contribution in [-0.2, 0) is 9.53 Å². The van der Waals surface area contributed by atoms with E-state index in [1.165, 1.54) is 10.9 Å². The maximum Gasteiger partial charge on any atom is 0.249 e. The molecular formula is C20H30N2O3. The lowest BCUT2D eigenvalue weighted by molar-refractivity contribution is -0.131. The van der Waals surface area contributed by atoms with Gasteiger partial charge < -0.3 is 19.8 Å². The van der Waals surface area contributed by atoms with Crippen molar-refractivity contribution < 1.29 is 17.1 Å². The number of hydrogen-bond acceptors (Lipinski definition) is 3. The third kappa shape index (κ3) is 3.38. The molecule has 1 aromatic heterocycles. The van der Waals surface area contributed by atoms with E-state index < -0.39 is 0 Å². The van der Waals surface area contributed by atoms with E-state index in [1.54, 1.807) is 7.11 Å². The Kier molecular flexibility index (Phi) is 4.66. The molecule has 2 aliphatic rings. The molecule has 3 atom stereocenters. The standard InChI is InChI=1S/C20H26N2O3.2H2/c1-24-15-7-8-18-16(11-15)17(12-21-18)13-4-2-5-14(10-13)22-20(23)19-6-3-9-25-19;;/h7-8,11-14,19,21H,2-6,9-10H2,1H3,(H,22,23);2*1H/t13-,14+,19-;;/m0../s1. The van der Waals surface area contributed by atoms with E-state index in [4.69, 9.17) is 9.47 Å². The topological polar surface area (TPSA) is 63.3 Å². The van der Waals surface area contributed by atoms with Crippen molar-refractivity contribution in [3.05, 3.63) is 30.0 Å². The number of nitrogens with one attached hydrogen (secondary N) is 2. The maximum atomic E-state index is 12.3. The van der Waals surface area contributed by atoms with Gasteiger partial charge in [0.2, 0.25) is 5.91 Å². The Hall–Kier alpha value is -2.01. The van der Waals surface area contributed by atoms with Gasteiger partial charge in [-0.15, -0.1) is 0 Å². The minimum Gasteiger partial charge on any atom is -0.497 e. The van der Waals surface area contributed by atoms with Crippen LogP contribution in [0, 0.1) is 0 Å². The second-order valence-corrected chi connectivity index (χ2v) is 7.23. The smallest absolute Gasteiger partial charge is 0.249 e. The normalized spacial score (nSPS) is 26.7. The molecule has 0 spiro atoms. The Balaban J connectivity index is 0.00000131. The van der Waals surface area contributed by atoms with Crippen molar-refractivity contribution in [2.75, 3.05) is 13.7 Å². The van der Waals surface area contributed by atoms with Gasteiger partial charge >= 0.3 is 0 Å². The van der Waals surface area contributed by atoms with Crippen molar-refractivity contribution in [3.63, 3.8) is 0 Å². The molecular weight excluding hydrogens is 316 g/mol. The quantitative estimate of drug-likeness (QED) is 0.880. The summed E-state index contributed by atoms with van der Waals surface area (Å²) in [5.74, 6) is 1.42. The molecule has 2 aromatic rings. The highest BCUT2D eigenvalue weighted by atomic mass is 16.5. The van der Waals surface area contributed by atoms with E-state index >= 15 is 0 Å². The number of aromatic amines is 1. The molecule has 1 aliphatic heterocycles. The van der Waals surface area contributed by atoms with E-state index in [0.29, 0.717) is 12.5 Å². The van der Waals surface area contributed by atoms with Crippen molar-refractivity contribution in [1.82, 2.24) is 10.3 Å². The van der Waals surface area contributed by atoms with Gasteiger partial charge in [0.15, 0.2) is 0 Å². The lowest BCUT2D eigenvalue weighted by atomic mass is 9.81. The molecule has 1 saturated carbocycles. The molecule has 2 N–H and O–H groups in total. The number of H-pyrrole nitrogens is 1. The summed E-state index contributed by atoms with van der Waals surface area (Å²) < 4.78 is 10.9. The first-order valence-corrected chi connectivity index (χ1v) is 9.31. The van der Waals surface area contributed by atoms with E-state index in [0.717, 1.165) is 49.8 Å². The van der Waals surface area contributed by atoms with Crippen LogP contribution in [0.25, 0.3) is 10.9 Å². The summed E-state index contributed by atoms with van der Waals surface area (Å²) in [6.07, 6.45) is 8.07. The summed E-state index contributed by atoms with van der Waals surface area (Å²) in [6.45, 7) is 0.711. The first kappa shape index (κ1) is 16.5. The Morgan fingerprint density at radius 2 is 2.24 bits per heavy atom. The number of hydrogen-bond donors (Lipinski definition) is 2. The fourth-order valence-corrected chi connectivity index (χ4v) is 4.27. The largest absolute Gasteiger partial charge is 0.497 e. The average molecular weight is 346 g/mol. The molecule has 0 unspecified atom stereocenters. The first-order valence-electron chi connectivity index (χ1n) is 9.31. The van der Waals surface area contributed by atoms with Gasteiger partial charge in [-0.1, -0.05) is 6.42 Å². The van der Waals surface area contributed by atoms with Gasteiger partial charge in [0.1, 0.15) is 11.9 Å². The summed E-state index contributed by atoms with van der Waals surface area (Å²) >= 11 is 0. The highest BCUT2D eigenvalue weighted by Gasteiger charge is 2.29. The van der Waals surface area contributed by atoms with Crippen LogP contribution < -0.4 is 10.1 Å². The molecule has 1 saturated heterocycles. The second kappa shape index (κ2) is 7.08. The van der Waals surface area contributed by atoms with Gasteiger partial charge in [0.05, 0.1) is 7.11 Å². The number of benzene rings is 1. The van der Waals surface area contributed by atoms with Crippen LogP contribution >= 0.6 is 0 Å². The fourth-order valence-electron chi connectivity index (χ4n) is 4.27. The molecule has 138 valence electrons. The molecule has 1 aromatic carbocycles. The molecule has 25 heavy (non-hydrogen) atoms. The van der Waals surface area contributed by atoms with Crippen LogP contribution in [0.3, 0.4) is 0 Å². The van der Waals surface area contributed by atoms with Gasteiger partial charge in [-0.3, -0.25) is 4.79 Å². The van der Waals surface area contributed by atoms with E-state index in [1.807, 2.05) is 6.07 Å². The Labute approximate surface area is 151 Å². The SMILES string of the molecule is COc1ccc2[nH]cc([C@H]3CCC[C@@H](NC(=O)[C@@H]4CCCO4)C3)c2c1.[HH].[HH]. The molecule has 5 heteroatoms. The second-order valence-electron chi connectivity index (χ2n) is 7.23. The van der Waals surface area contributed by atoms with E-state index in [9.17, 15) is 4.79 Å². The number of carbonyl (C=O) groups is 1. The number of methoxy groups -OCH3 is 1. The van der Waals surface area contributed by atoms with Crippen molar-refractivity contribution in [2.24, 2.45) is 0 Å². The number of ether oxygens (including phenoxy) is 2. The number of carbonyl (C=O) groups excluding carboxylic acids is 1. The maximum absolute atomic E-state index is 12.3. The molecule has 2 fully saturated rings.